The van der Waals surface area contributed by atoms with Crippen LogP contribution in [0.5, 0.6) is 0 Å². The van der Waals surface area contributed by atoms with Crippen LogP contribution in [0.25, 0.3) is 0 Å². The number of carbonyl (C=O) groups is 2. The molecule has 128 valence electrons. The molecule has 0 saturated heterocycles. The third-order valence-electron chi connectivity index (χ3n) is 3.76. The van der Waals surface area contributed by atoms with E-state index in [1.165, 1.54) is 12.7 Å². The van der Waals surface area contributed by atoms with Crippen LogP contribution in [0.1, 0.15) is 24.5 Å². The topological polar surface area (TPSA) is 55.8 Å². The molecule has 0 aromatic heterocycles. The van der Waals surface area contributed by atoms with Gasteiger partial charge in [0.25, 0.3) is 0 Å². The van der Waals surface area contributed by atoms with Gasteiger partial charge in [0.15, 0.2) is 0 Å². The normalized spacial score (nSPS) is 11.8. The van der Waals surface area contributed by atoms with Crippen LogP contribution in [0.3, 0.4) is 0 Å². The average Bonchev–Trinajstić information content (AvgIpc) is 2.56. The molecule has 0 N–H and O–H groups in total. The summed E-state index contributed by atoms with van der Waals surface area (Å²) in [6, 6.07) is 8.17. The molecule has 0 aliphatic heterocycles. The number of benzene rings is 1. The van der Waals surface area contributed by atoms with Gasteiger partial charge in [0.2, 0.25) is 5.91 Å². The Morgan fingerprint density at radius 1 is 1.17 bits per heavy atom. The minimum atomic E-state index is -0.347. The number of amides is 1. The van der Waals surface area contributed by atoms with Gasteiger partial charge in [0.05, 0.1) is 19.6 Å². The minimum absolute atomic E-state index is 0.0263. The summed E-state index contributed by atoms with van der Waals surface area (Å²) >= 11 is 0. The van der Waals surface area contributed by atoms with Crippen LogP contribution in [0.4, 0.5) is 0 Å². The minimum Gasteiger partial charge on any atom is -0.469 e. The molecular formula is C18H27NO4. The van der Waals surface area contributed by atoms with Gasteiger partial charge >= 0.3 is 5.97 Å². The Morgan fingerprint density at radius 3 is 2.39 bits per heavy atom. The van der Waals surface area contributed by atoms with Gasteiger partial charge in [0, 0.05) is 26.6 Å². The molecule has 5 heteroatoms. The number of carbonyl (C=O) groups excluding carboxylic acids is 2. The number of ether oxygens (including phenoxy) is 2. The third-order valence-corrected chi connectivity index (χ3v) is 3.76. The van der Waals surface area contributed by atoms with Gasteiger partial charge in [-0.15, -0.1) is 0 Å². The highest BCUT2D eigenvalue weighted by molar-refractivity contribution is 5.78. The van der Waals surface area contributed by atoms with Gasteiger partial charge < -0.3 is 14.4 Å². The molecule has 1 unspecified atom stereocenters. The summed E-state index contributed by atoms with van der Waals surface area (Å²) in [5, 5.41) is 0. The van der Waals surface area contributed by atoms with E-state index < -0.39 is 0 Å². The fourth-order valence-corrected chi connectivity index (χ4v) is 2.29. The molecule has 0 spiro atoms. The van der Waals surface area contributed by atoms with Crippen molar-refractivity contribution in [1.29, 1.82) is 0 Å². The number of nitrogens with zero attached hydrogens (tertiary/aromatic N) is 1. The average molecular weight is 321 g/mol. The van der Waals surface area contributed by atoms with E-state index in [4.69, 9.17) is 9.47 Å². The largest absolute Gasteiger partial charge is 0.469 e. The predicted octanol–water partition coefficient (Wildman–Crippen LogP) is 2.21. The van der Waals surface area contributed by atoms with Crippen LogP contribution in [0.15, 0.2) is 24.3 Å². The van der Waals surface area contributed by atoms with Crippen molar-refractivity contribution in [2.45, 2.75) is 26.7 Å². The maximum absolute atomic E-state index is 12.5. The summed E-state index contributed by atoms with van der Waals surface area (Å²) in [5.41, 5.74) is 2.34. The van der Waals surface area contributed by atoms with E-state index in [1.807, 2.05) is 31.2 Å². The first-order chi connectivity index (χ1) is 11.0. The van der Waals surface area contributed by atoms with Gasteiger partial charge in [-0.1, -0.05) is 36.8 Å². The molecule has 1 atom stereocenters. The van der Waals surface area contributed by atoms with Crippen molar-refractivity contribution in [2.24, 2.45) is 5.92 Å². The molecular weight excluding hydrogens is 294 g/mol. The summed E-state index contributed by atoms with van der Waals surface area (Å²) < 4.78 is 9.79. The molecule has 0 radical (unpaired) electrons. The van der Waals surface area contributed by atoms with Crippen molar-refractivity contribution in [3.8, 4) is 0 Å². The highest BCUT2D eigenvalue weighted by Crippen LogP contribution is 2.09. The van der Waals surface area contributed by atoms with Crippen molar-refractivity contribution in [2.75, 3.05) is 33.9 Å². The molecule has 1 amide bonds. The van der Waals surface area contributed by atoms with Crippen molar-refractivity contribution in [1.82, 2.24) is 4.90 Å². The predicted molar refractivity (Wildman–Crippen MR) is 89.1 cm³/mol. The zero-order chi connectivity index (χ0) is 17.2. The Morgan fingerprint density at radius 2 is 1.83 bits per heavy atom. The van der Waals surface area contributed by atoms with E-state index in [1.54, 1.807) is 18.9 Å². The molecule has 0 heterocycles. The lowest BCUT2D eigenvalue weighted by Gasteiger charge is -2.25. The summed E-state index contributed by atoms with van der Waals surface area (Å²) in [5.74, 6) is -0.627. The summed E-state index contributed by atoms with van der Waals surface area (Å²) in [6.45, 7) is 5.08. The Hall–Kier alpha value is -1.88. The van der Waals surface area contributed by atoms with E-state index in [0.29, 0.717) is 32.5 Å². The van der Waals surface area contributed by atoms with Crippen LogP contribution >= 0.6 is 0 Å². The maximum atomic E-state index is 12.5. The SMILES string of the molecule is COCCN(CC(C)C(=O)OC)C(=O)CCc1ccc(C)cc1. The van der Waals surface area contributed by atoms with Crippen LogP contribution in [0.2, 0.25) is 0 Å². The van der Waals surface area contributed by atoms with Crippen molar-refractivity contribution >= 4 is 11.9 Å². The number of methoxy groups -OCH3 is 2. The molecule has 0 aliphatic rings. The lowest BCUT2D eigenvalue weighted by molar-refractivity contribution is -0.146. The van der Waals surface area contributed by atoms with E-state index in [0.717, 1.165) is 5.56 Å². The van der Waals surface area contributed by atoms with E-state index >= 15 is 0 Å². The molecule has 0 saturated carbocycles. The van der Waals surface area contributed by atoms with E-state index in [2.05, 4.69) is 0 Å². The van der Waals surface area contributed by atoms with Gasteiger partial charge in [-0.3, -0.25) is 9.59 Å². The molecule has 1 rings (SSSR count). The Balaban J connectivity index is 2.59. The number of rotatable bonds is 9. The first kappa shape index (κ1) is 19.2. The highest BCUT2D eigenvalue weighted by Gasteiger charge is 2.21. The van der Waals surface area contributed by atoms with Crippen molar-refractivity contribution in [3.63, 3.8) is 0 Å². The number of aryl methyl sites for hydroxylation is 2. The standard InChI is InChI=1S/C18H27NO4/c1-14-5-7-16(8-6-14)9-10-17(20)19(11-12-22-3)13-15(2)18(21)23-4/h5-8,15H,9-13H2,1-4H3. The lowest BCUT2D eigenvalue weighted by atomic mass is 10.1. The smallest absolute Gasteiger partial charge is 0.310 e. The quantitative estimate of drug-likeness (QED) is 0.654. The molecule has 0 aliphatic carbocycles. The van der Waals surface area contributed by atoms with Crippen LogP contribution < -0.4 is 0 Å². The van der Waals surface area contributed by atoms with Crippen LogP contribution in [0, 0.1) is 12.8 Å². The Kier molecular flexibility index (Phi) is 8.33. The molecule has 0 fully saturated rings. The fraction of sp³-hybridized carbons (Fsp3) is 0.556. The van der Waals surface area contributed by atoms with Crippen LogP contribution in [-0.4, -0.2) is 50.7 Å². The van der Waals surface area contributed by atoms with Crippen molar-refractivity contribution in [3.05, 3.63) is 35.4 Å². The molecule has 23 heavy (non-hydrogen) atoms. The first-order valence-electron chi connectivity index (χ1n) is 7.88. The summed E-state index contributed by atoms with van der Waals surface area (Å²) in [4.78, 5) is 25.7. The third kappa shape index (κ3) is 6.82. The monoisotopic (exact) mass is 321 g/mol. The molecule has 5 nitrogen and oxygen atoms in total. The summed E-state index contributed by atoms with van der Waals surface area (Å²) in [7, 11) is 2.95. The number of esters is 1. The Bertz CT molecular complexity index is 498. The zero-order valence-electron chi connectivity index (χ0n) is 14.5. The lowest BCUT2D eigenvalue weighted by Crippen LogP contribution is -2.39. The van der Waals surface area contributed by atoms with Gasteiger partial charge in [0.1, 0.15) is 0 Å². The second kappa shape index (κ2) is 10.0. The van der Waals surface area contributed by atoms with Gasteiger partial charge in [-0.2, -0.15) is 0 Å². The molecule has 0 bridgehead atoms. The first-order valence-corrected chi connectivity index (χ1v) is 7.88. The fourth-order valence-electron chi connectivity index (χ4n) is 2.29. The molecule has 1 aromatic rings. The zero-order valence-corrected chi connectivity index (χ0v) is 14.5. The summed E-state index contributed by atoms with van der Waals surface area (Å²) in [6.07, 6.45) is 1.11. The maximum Gasteiger partial charge on any atom is 0.310 e. The number of hydrogen-bond acceptors (Lipinski definition) is 4. The highest BCUT2D eigenvalue weighted by atomic mass is 16.5. The van der Waals surface area contributed by atoms with Crippen LogP contribution in [-0.2, 0) is 25.5 Å². The van der Waals surface area contributed by atoms with E-state index in [9.17, 15) is 9.59 Å². The number of hydrogen-bond donors (Lipinski definition) is 0. The van der Waals surface area contributed by atoms with Gasteiger partial charge in [-0.25, -0.2) is 0 Å². The van der Waals surface area contributed by atoms with Gasteiger partial charge in [-0.05, 0) is 18.9 Å². The second-order valence-electron chi connectivity index (χ2n) is 5.74. The molecule has 1 aromatic carbocycles. The Labute approximate surface area is 138 Å². The van der Waals surface area contributed by atoms with E-state index in [-0.39, 0.29) is 17.8 Å². The van der Waals surface area contributed by atoms with Crippen molar-refractivity contribution < 1.29 is 19.1 Å². The second-order valence-corrected chi connectivity index (χ2v) is 5.74.